The number of unbranched alkanes of at least 4 members (excludes halogenated alkanes) is 1. The summed E-state index contributed by atoms with van der Waals surface area (Å²) < 4.78 is 0. The third-order valence-electron chi connectivity index (χ3n) is 3.22. The second kappa shape index (κ2) is 8.72. The first-order chi connectivity index (χ1) is 8.80. The van der Waals surface area contributed by atoms with E-state index in [0.717, 1.165) is 12.1 Å². The lowest BCUT2D eigenvalue weighted by atomic mass is 10.0. The van der Waals surface area contributed by atoms with Gasteiger partial charge in [0.25, 0.3) is 0 Å². The number of nitrogens with one attached hydrogen (secondary N) is 1. The average Bonchev–Trinajstić information content (AvgIpc) is 2.42. The molecule has 0 fully saturated rings. The van der Waals surface area contributed by atoms with Crippen molar-refractivity contribution in [2.45, 2.75) is 58.5 Å². The Morgan fingerprint density at radius 1 is 1.11 bits per heavy atom. The van der Waals surface area contributed by atoms with E-state index in [9.17, 15) is 0 Å². The van der Waals surface area contributed by atoms with Crippen LogP contribution >= 0.6 is 0 Å². The van der Waals surface area contributed by atoms with Crippen LogP contribution in [0.5, 0.6) is 0 Å². The summed E-state index contributed by atoms with van der Waals surface area (Å²) in [5.74, 6) is 0. The summed E-state index contributed by atoms with van der Waals surface area (Å²) in [6.07, 6.45) is 6.30. The number of hydrogen-bond acceptors (Lipinski definition) is 2. The molecule has 2 nitrogen and oxygen atoms in total. The van der Waals surface area contributed by atoms with Gasteiger partial charge in [0.15, 0.2) is 0 Å². The van der Waals surface area contributed by atoms with Crippen molar-refractivity contribution in [3.8, 4) is 6.07 Å². The smallest absolute Gasteiger partial charge is 0.0991 e. The molecule has 0 amide bonds. The average molecular weight is 244 g/mol. The molecule has 1 aromatic carbocycles. The molecule has 0 aliphatic heterocycles. The Morgan fingerprint density at radius 3 is 2.39 bits per heavy atom. The van der Waals surface area contributed by atoms with Crippen molar-refractivity contribution in [1.82, 2.24) is 5.32 Å². The van der Waals surface area contributed by atoms with E-state index in [1.165, 1.54) is 37.7 Å². The maximum absolute atomic E-state index is 8.75. The molecule has 2 heteroatoms. The molecule has 1 rings (SSSR count). The van der Waals surface area contributed by atoms with Crippen LogP contribution in [-0.2, 0) is 6.54 Å². The van der Waals surface area contributed by atoms with E-state index in [-0.39, 0.29) is 0 Å². The molecular weight excluding hydrogens is 220 g/mol. The molecule has 18 heavy (non-hydrogen) atoms. The molecule has 98 valence electrons. The summed E-state index contributed by atoms with van der Waals surface area (Å²) >= 11 is 0. The van der Waals surface area contributed by atoms with E-state index in [1.807, 2.05) is 24.3 Å². The van der Waals surface area contributed by atoms with Crippen LogP contribution in [0.3, 0.4) is 0 Å². The second-order valence-corrected chi connectivity index (χ2v) is 4.82. The van der Waals surface area contributed by atoms with Gasteiger partial charge in [-0.25, -0.2) is 0 Å². The maximum atomic E-state index is 8.75. The zero-order valence-electron chi connectivity index (χ0n) is 11.6. The first-order valence-corrected chi connectivity index (χ1v) is 7.02. The Balaban J connectivity index is 2.42. The van der Waals surface area contributed by atoms with Gasteiger partial charge in [0, 0.05) is 12.6 Å². The standard InChI is InChI=1S/C16H24N2/c1-3-5-7-16(6-4-2)18-13-15-10-8-14(12-17)9-11-15/h8-11,16,18H,3-7,13H2,1-2H3. The molecule has 1 N–H and O–H groups in total. The van der Waals surface area contributed by atoms with Gasteiger partial charge in [-0.1, -0.05) is 45.2 Å². The molecule has 1 atom stereocenters. The predicted molar refractivity (Wildman–Crippen MR) is 76.2 cm³/mol. The normalized spacial score (nSPS) is 12.1. The molecule has 0 heterocycles. The third-order valence-corrected chi connectivity index (χ3v) is 3.22. The Labute approximate surface area is 111 Å². The molecule has 0 aliphatic carbocycles. The van der Waals surface area contributed by atoms with Gasteiger partial charge >= 0.3 is 0 Å². The number of hydrogen-bond donors (Lipinski definition) is 1. The highest BCUT2D eigenvalue weighted by molar-refractivity contribution is 5.31. The quantitative estimate of drug-likeness (QED) is 0.750. The van der Waals surface area contributed by atoms with Crippen molar-refractivity contribution in [2.24, 2.45) is 0 Å². The van der Waals surface area contributed by atoms with Crippen LogP contribution in [0.1, 0.15) is 57.1 Å². The van der Waals surface area contributed by atoms with Crippen molar-refractivity contribution in [3.63, 3.8) is 0 Å². The predicted octanol–water partition coefficient (Wildman–Crippen LogP) is 4.01. The van der Waals surface area contributed by atoms with Crippen LogP contribution < -0.4 is 5.32 Å². The largest absolute Gasteiger partial charge is 0.310 e. The number of rotatable bonds is 8. The lowest BCUT2D eigenvalue weighted by Crippen LogP contribution is -2.28. The van der Waals surface area contributed by atoms with Crippen LogP contribution in [0.4, 0.5) is 0 Å². The van der Waals surface area contributed by atoms with E-state index < -0.39 is 0 Å². The van der Waals surface area contributed by atoms with Crippen molar-refractivity contribution in [3.05, 3.63) is 35.4 Å². The SMILES string of the molecule is CCCCC(CCC)NCc1ccc(C#N)cc1. The third kappa shape index (κ3) is 5.33. The van der Waals surface area contributed by atoms with E-state index in [4.69, 9.17) is 5.26 Å². The summed E-state index contributed by atoms with van der Waals surface area (Å²) in [6, 6.07) is 10.6. The molecule has 0 bridgehead atoms. The minimum absolute atomic E-state index is 0.630. The Bertz CT molecular complexity index is 362. The fourth-order valence-corrected chi connectivity index (χ4v) is 2.11. The highest BCUT2D eigenvalue weighted by Gasteiger charge is 2.06. The van der Waals surface area contributed by atoms with Crippen molar-refractivity contribution < 1.29 is 0 Å². The van der Waals surface area contributed by atoms with Gasteiger partial charge in [0.05, 0.1) is 11.6 Å². The Hall–Kier alpha value is -1.33. The van der Waals surface area contributed by atoms with Crippen LogP contribution in [0.2, 0.25) is 0 Å². The lowest BCUT2D eigenvalue weighted by molar-refractivity contribution is 0.434. The van der Waals surface area contributed by atoms with Crippen molar-refractivity contribution in [2.75, 3.05) is 0 Å². The summed E-state index contributed by atoms with van der Waals surface area (Å²) in [4.78, 5) is 0. The summed E-state index contributed by atoms with van der Waals surface area (Å²) in [7, 11) is 0. The van der Waals surface area contributed by atoms with E-state index in [2.05, 4.69) is 25.2 Å². The molecule has 0 radical (unpaired) electrons. The van der Waals surface area contributed by atoms with Gasteiger partial charge in [-0.3, -0.25) is 0 Å². The van der Waals surface area contributed by atoms with Gasteiger partial charge in [-0.15, -0.1) is 0 Å². The Morgan fingerprint density at radius 2 is 1.83 bits per heavy atom. The summed E-state index contributed by atoms with van der Waals surface area (Å²) in [5.41, 5.74) is 1.99. The van der Waals surface area contributed by atoms with Crippen molar-refractivity contribution in [1.29, 1.82) is 5.26 Å². The van der Waals surface area contributed by atoms with Gasteiger partial charge in [-0.2, -0.15) is 5.26 Å². The molecule has 0 saturated carbocycles. The minimum Gasteiger partial charge on any atom is -0.310 e. The van der Waals surface area contributed by atoms with Crippen LogP contribution in [0.15, 0.2) is 24.3 Å². The van der Waals surface area contributed by atoms with Crippen LogP contribution in [0.25, 0.3) is 0 Å². The van der Waals surface area contributed by atoms with Crippen LogP contribution in [-0.4, -0.2) is 6.04 Å². The highest BCUT2D eigenvalue weighted by Crippen LogP contribution is 2.09. The molecule has 0 saturated heterocycles. The molecule has 0 aliphatic rings. The summed E-state index contributed by atoms with van der Waals surface area (Å²) in [6.45, 7) is 5.38. The topological polar surface area (TPSA) is 35.8 Å². The van der Waals surface area contributed by atoms with E-state index in [0.29, 0.717) is 6.04 Å². The molecule has 0 spiro atoms. The lowest BCUT2D eigenvalue weighted by Gasteiger charge is -2.17. The highest BCUT2D eigenvalue weighted by atomic mass is 14.9. The number of nitrogens with zero attached hydrogens (tertiary/aromatic N) is 1. The Kier molecular flexibility index (Phi) is 7.13. The fraction of sp³-hybridized carbons (Fsp3) is 0.562. The summed E-state index contributed by atoms with van der Waals surface area (Å²) in [5, 5.41) is 12.4. The zero-order chi connectivity index (χ0) is 13.2. The fourth-order valence-electron chi connectivity index (χ4n) is 2.11. The van der Waals surface area contributed by atoms with Gasteiger partial charge < -0.3 is 5.32 Å². The molecule has 0 aromatic heterocycles. The number of benzene rings is 1. The monoisotopic (exact) mass is 244 g/mol. The van der Waals surface area contributed by atoms with Gasteiger partial charge in [-0.05, 0) is 30.5 Å². The van der Waals surface area contributed by atoms with Gasteiger partial charge in [0.2, 0.25) is 0 Å². The van der Waals surface area contributed by atoms with Crippen LogP contribution in [0, 0.1) is 11.3 Å². The zero-order valence-corrected chi connectivity index (χ0v) is 11.6. The van der Waals surface area contributed by atoms with E-state index >= 15 is 0 Å². The molecular formula is C16H24N2. The van der Waals surface area contributed by atoms with E-state index in [1.54, 1.807) is 0 Å². The molecule has 1 aromatic rings. The minimum atomic E-state index is 0.630. The van der Waals surface area contributed by atoms with Crippen molar-refractivity contribution >= 4 is 0 Å². The van der Waals surface area contributed by atoms with Gasteiger partial charge in [0.1, 0.15) is 0 Å². The second-order valence-electron chi connectivity index (χ2n) is 4.82. The molecule has 1 unspecified atom stereocenters. The number of nitriles is 1. The maximum Gasteiger partial charge on any atom is 0.0991 e. The first-order valence-electron chi connectivity index (χ1n) is 7.02. The first kappa shape index (κ1) is 14.7.